The van der Waals surface area contributed by atoms with Gasteiger partial charge in [0, 0.05) is 5.41 Å². The van der Waals surface area contributed by atoms with Gasteiger partial charge in [-0.25, -0.2) is 0 Å². The molecule has 0 aromatic heterocycles. The fraction of sp³-hybridized carbons (Fsp3) is 0.839. The van der Waals surface area contributed by atoms with Crippen molar-refractivity contribution < 1.29 is 34.7 Å². The van der Waals surface area contributed by atoms with Gasteiger partial charge in [-0.2, -0.15) is 0 Å². The van der Waals surface area contributed by atoms with Gasteiger partial charge in [0.1, 0.15) is 24.6 Å². The Bertz CT molecular complexity index is 989. The predicted octanol–water partition coefficient (Wildman–Crippen LogP) is 3.39. The number of rotatable bonds is 4. The van der Waals surface area contributed by atoms with Crippen molar-refractivity contribution in [3.05, 3.63) is 22.8 Å². The molecule has 1 aliphatic heterocycles. The second-order valence-electron chi connectivity index (χ2n) is 14.1. The highest BCUT2D eigenvalue weighted by molar-refractivity contribution is 5.76. The summed E-state index contributed by atoms with van der Waals surface area (Å²) in [5.74, 6) is 1.63. The van der Waals surface area contributed by atoms with E-state index in [0.717, 1.165) is 44.0 Å². The van der Waals surface area contributed by atoms with Crippen LogP contribution in [0.3, 0.4) is 0 Å². The first-order chi connectivity index (χ1) is 17.8. The molecule has 4 aliphatic carbocycles. The lowest BCUT2D eigenvalue weighted by molar-refractivity contribution is -0.285. The van der Waals surface area contributed by atoms with Gasteiger partial charge in [0.25, 0.3) is 0 Å². The molecule has 5 aliphatic rings. The topological polar surface area (TPSA) is 116 Å². The average Bonchev–Trinajstić information content (AvgIpc) is 3.29. The van der Waals surface area contributed by atoms with E-state index in [2.05, 4.69) is 47.6 Å². The van der Waals surface area contributed by atoms with Crippen LogP contribution in [0, 0.1) is 46.3 Å². The SMILES string of the molecule is CC1=C2C[C@H](OC3OCC(O)C(O)C3O)[C@@H](C)[C@@H]2CC=C(C=O)[C@@]2(C)C[C@@]3(C)C[C@@H](O)[C@@H](C(C)C)[C@@H]3C[C@H]12. The zero-order valence-corrected chi connectivity index (χ0v) is 23.8. The van der Waals surface area contributed by atoms with Crippen LogP contribution >= 0.6 is 0 Å². The summed E-state index contributed by atoms with van der Waals surface area (Å²) >= 11 is 0. The van der Waals surface area contributed by atoms with Crippen LogP contribution in [0.5, 0.6) is 0 Å². The quantitative estimate of drug-likeness (QED) is 0.324. The second-order valence-corrected chi connectivity index (χ2v) is 14.1. The van der Waals surface area contributed by atoms with E-state index in [4.69, 9.17) is 9.47 Å². The van der Waals surface area contributed by atoms with Gasteiger partial charge in [0.2, 0.25) is 0 Å². The van der Waals surface area contributed by atoms with Gasteiger partial charge in [-0.3, -0.25) is 4.79 Å². The van der Waals surface area contributed by atoms with Crippen molar-refractivity contribution in [2.45, 2.75) is 110 Å². The molecule has 38 heavy (non-hydrogen) atoms. The van der Waals surface area contributed by atoms with Crippen LogP contribution in [-0.2, 0) is 14.3 Å². The van der Waals surface area contributed by atoms with Crippen LogP contribution in [0.4, 0.5) is 0 Å². The number of allylic oxidation sites excluding steroid dienone is 3. The Morgan fingerprint density at radius 3 is 2.50 bits per heavy atom. The first-order valence-electron chi connectivity index (χ1n) is 14.7. The number of hydrogen-bond donors (Lipinski definition) is 4. The number of fused-ring (bicyclic) bond motifs is 3. The molecule has 0 bridgehead atoms. The fourth-order valence-electron chi connectivity index (χ4n) is 9.56. The minimum Gasteiger partial charge on any atom is -0.393 e. The Morgan fingerprint density at radius 2 is 1.84 bits per heavy atom. The number of carbonyl (C=O) groups excluding carboxylic acids is 1. The third-order valence-corrected chi connectivity index (χ3v) is 11.5. The maximum Gasteiger partial charge on any atom is 0.186 e. The Hall–Kier alpha value is -1.09. The molecule has 0 aromatic rings. The van der Waals surface area contributed by atoms with Gasteiger partial charge in [0.15, 0.2) is 6.29 Å². The molecule has 0 amide bonds. The number of carbonyl (C=O) groups is 1. The molecule has 13 atom stereocenters. The summed E-state index contributed by atoms with van der Waals surface area (Å²) in [6.07, 6.45) is 2.15. The van der Waals surface area contributed by atoms with E-state index in [1.165, 1.54) is 11.1 Å². The summed E-state index contributed by atoms with van der Waals surface area (Å²) < 4.78 is 11.9. The molecular weight excluding hydrogens is 484 g/mol. The summed E-state index contributed by atoms with van der Waals surface area (Å²) in [7, 11) is 0. The summed E-state index contributed by atoms with van der Waals surface area (Å²) in [6.45, 7) is 13.4. The zero-order chi connectivity index (χ0) is 27.7. The van der Waals surface area contributed by atoms with Gasteiger partial charge >= 0.3 is 0 Å². The predicted molar refractivity (Wildman–Crippen MR) is 143 cm³/mol. The largest absolute Gasteiger partial charge is 0.393 e. The lowest BCUT2D eigenvalue weighted by Gasteiger charge is -2.54. The first-order valence-corrected chi connectivity index (χ1v) is 14.7. The molecule has 0 radical (unpaired) electrons. The maximum atomic E-state index is 12.6. The van der Waals surface area contributed by atoms with E-state index < -0.39 is 24.6 Å². The van der Waals surface area contributed by atoms with Crippen molar-refractivity contribution in [2.24, 2.45) is 46.3 Å². The zero-order valence-electron chi connectivity index (χ0n) is 23.8. The second kappa shape index (κ2) is 10.1. The van der Waals surface area contributed by atoms with Crippen LogP contribution < -0.4 is 0 Å². The van der Waals surface area contributed by atoms with E-state index >= 15 is 0 Å². The lowest BCUT2D eigenvalue weighted by Crippen LogP contribution is -2.54. The summed E-state index contributed by atoms with van der Waals surface area (Å²) in [5.41, 5.74) is 3.34. The van der Waals surface area contributed by atoms with Gasteiger partial charge in [-0.1, -0.05) is 51.8 Å². The Morgan fingerprint density at radius 1 is 1.13 bits per heavy atom. The van der Waals surface area contributed by atoms with Crippen molar-refractivity contribution in [1.29, 1.82) is 0 Å². The van der Waals surface area contributed by atoms with E-state index in [1.54, 1.807) is 0 Å². The van der Waals surface area contributed by atoms with E-state index in [9.17, 15) is 25.2 Å². The van der Waals surface area contributed by atoms with Crippen LogP contribution in [0.25, 0.3) is 0 Å². The monoisotopic (exact) mass is 532 g/mol. The van der Waals surface area contributed by atoms with Crippen LogP contribution in [0.1, 0.15) is 73.6 Å². The molecule has 5 rings (SSSR count). The van der Waals surface area contributed by atoms with E-state index in [-0.39, 0.29) is 53.3 Å². The average molecular weight is 533 g/mol. The molecule has 214 valence electrons. The molecule has 4 N–H and O–H groups in total. The standard InChI is InChI=1S/C31H48O7/c1-15(2)26-22-10-21-16(3)20-9-25(38-29-28(36)27(35)24(34)13-37-29)17(4)19(20)8-7-18(12-32)31(21,6)14-30(22,5)11-23(26)33/h7,12,15,17,19,21-29,33-36H,8-11,13-14H2,1-6H3/t17-,19-,21+,22-,23+,24?,25-,26-,27?,28?,29?,30+,31+/m0/s1. The summed E-state index contributed by atoms with van der Waals surface area (Å²) in [6, 6.07) is 0. The van der Waals surface area contributed by atoms with Crippen LogP contribution in [0.15, 0.2) is 22.8 Å². The smallest absolute Gasteiger partial charge is 0.186 e. The van der Waals surface area contributed by atoms with Crippen molar-refractivity contribution in [2.75, 3.05) is 6.61 Å². The van der Waals surface area contributed by atoms with Gasteiger partial charge in [0.05, 0.1) is 18.8 Å². The first kappa shape index (κ1) is 28.4. The van der Waals surface area contributed by atoms with Crippen molar-refractivity contribution in [3.63, 3.8) is 0 Å². The molecule has 3 saturated carbocycles. The lowest BCUT2D eigenvalue weighted by atomic mass is 9.49. The maximum absolute atomic E-state index is 12.6. The minimum absolute atomic E-state index is 0.000275. The number of hydrogen-bond acceptors (Lipinski definition) is 7. The van der Waals surface area contributed by atoms with Crippen LogP contribution in [0.2, 0.25) is 0 Å². The number of aldehydes is 1. The number of ether oxygens (including phenoxy) is 2. The van der Waals surface area contributed by atoms with E-state index in [0.29, 0.717) is 11.8 Å². The highest BCUT2D eigenvalue weighted by Gasteiger charge is 2.60. The normalized spacial score (nSPS) is 51.1. The van der Waals surface area contributed by atoms with E-state index in [1.807, 2.05) is 0 Å². The molecule has 7 heteroatoms. The molecule has 0 spiro atoms. The third kappa shape index (κ3) is 4.36. The van der Waals surface area contributed by atoms with Gasteiger partial charge < -0.3 is 29.9 Å². The Kier molecular flexibility index (Phi) is 7.54. The molecular formula is C31H48O7. The molecule has 4 fully saturated rings. The Balaban J connectivity index is 1.48. The van der Waals surface area contributed by atoms with Gasteiger partial charge in [-0.15, -0.1) is 0 Å². The van der Waals surface area contributed by atoms with Crippen molar-refractivity contribution in [1.82, 2.24) is 0 Å². The summed E-state index contributed by atoms with van der Waals surface area (Å²) in [5, 5.41) is 41.6. The molecule has 0 aromatic carbocycles. The molecule has 1 heterocycles. The van der Waals surface area contributed by atoms with Crippen LogP contribution in [-0.4, -0.2) is 70.1 Å². The number of aliphatic hydroxyl groups excluding tert-OH is 4. The highest BCUT2D eigenvalue weighted by atomic mass is 16.7. The van der Waals surface area contributed by atoms with Crippen molar-refractivity contribution >= 4 is 6.29 Å². The minimum atomic E-state index is -1.31. The molecule has 1 saturated heterocycles. The fourth-order valence-corrected chi connectivity index (χ4v) is 9.56. The third-order valence-electron chi connectivity index (χ3n) is 11.5. The number of aliphatic hydroxyl groups is 4. The van der Waals surface area contributed by atoms with Crippen molar-refractivity contribution in [3.8, 4) is 0 Å². The Labute approximate surface area is 227 Å². The molecule has 4 unspecified atom stereocenters. The molecule has 7 nitrogen and oxygen atoms in total. The van der Waals surface area contributed by atoms with Gasteiger partial charge in [-0.05, 0) is 85.5 Å². The highest BCUT2D eigenvalue weighted by Crippen LogP contribution is 2.66. The summed E-state index contributed by atoms with van der Waals surface area (Å²) in [4.78, 5) is 12.6.